The van der Waals surface area contributed by atoms with Gasteiger partial charge < -0.3 is 0 Å². The molecule has 3 aromatic rings. The van der Waals surface area contributed by atoms with Crippen LogP contribution in [0.3, 0.4) is 0 Å². The van der Waals surface area contributed by atoms with E-state index in [0.717, 1.165) is 0 Å². The van der Waals surface area contributed by atoms with Gasteiger partial charge in [-0.15, -0.1) is 0 Å². The van der Waals surface area contributed by atoms with Gasteiger partial charge in [-0.1, -0.05) is 29.8 Å². The highest BCUT2D eigenvalue weighted by molar-refractivity contribution is 14.1. The molecule has 0 radical (unpaired) electrons. The second-order valence-corrected chi connectivity index (χ2v) is 7.44. The highest BCUT2D eigenvalue weighted by Gasteiger charge is 2.22. The number of fused-ring (bicyclic) bond motifs is 1. The van der Waals surface area contributed by atoms with Gasteiger partial charge in [0.05, 0.1) is 13.6 Å². The number of benzene rings is 1. The molecule has 0 aliphatic carbocycles. The summed E-state index contributed by atoms with van der Waals surface area (Å²) in [4.78, 5) is 4.37. The van der Waals surface area contributed by atoms with Crippen molar-refractivity contribution in [2.45, 2.75) is 4.90 Å². The Morgan fingerprint density at radius 2 is 1.85 bits per heavy atom. The predicted octanol–water partition coefficient (Wildman–Crippen LogP) is 3.53. The fourth-order valence-electron chi connectivity index (χ4n) is 1.94. The Hall–Kier alpha value is -1.12. The van der Waals surface area contributed by atoms with Crippen LogP contribution in [-0.2, 0) is 10.0 Å². The van der Waals surface area contributed by atoms with Gasteiger partial charge in [-0.05, 0) is 46.9 Å². The molecule has 0 spiro atoms. The fourth-order valence-corrected chi connectivity index (χ4v) is 4.82. The van der Waals surface area contributed by atoms with Crippen molar-refractivity contribution in [3.05, 3.63) is 57.4 Å². The van der Waals surface area contributed by atoms with Crippen molar-refractivity contribution in [1.82, 2.24) is 8.96 Å². The molecule has 20 heavy (non-hydrogen) atoms. The first-order chi connectivity index (χ1) is 9.50. The van der Waals surface area contributed by atoms with E-state index < -0.39 is 10.0 Å². The molecule has 0 aliphatic heterocycles. The van der Waals surface area contributed by atoms with E-state index in [4.69, 9.17) is 11.6 Å². The van der Waals surface area contributed by atoms with Crippen LogP contribution in [0.1, 0.15) is 0 Å². The number of halogens is 2. The lowest BCUT2D eigenvalue weighted by Crippen LogP contribution is -2.14. The molecule has 0 unspecified atom stereocenters. The van der Waals surface area contributed by atoms with Gasteiger partial charge in [0.25, 0.3) is 10.0 Å². The molecular formula is C13H8ClIN2O2S. The highest BCUT2D eigenvalue weighted by atomic mass is 127. The first kappa shape index (κ1) is 13.8. The molecule has 7 heteroatoms. The van der Waals surface area contributed by atoms with E-state index in [1.807, 2.05) is 22.6 Å². The standard InChI is InChI=1S/C13H8ClIN2O2S/c14-10-6-9-7-12(15)17(13(9)16-8-10)20(18,19)11-4-2-1-3-5-11/h1-8H. The second kappa shape index (κ2) is 5.01. The zero-order chi connectivity index (χ0) is 14.3. The zero-order valence-electron chi connectivity index (χ0n) is 9.99. The minimum Gasteiger partial charge on any atom is -0.236 e. The summed E-state index contributed by atoms with van der Waals surface area (Å²) < 4.78 is 27.2. The number of aromatic nitrogens is 2. The summed E-state index contributed by atoms with van der Waals surface area (Å²) in [5, 5.41) is 1.17. The number of rotatable bonds is 2. The summed E-state index contributed by atoms with van der Waals surface area (Å²) in [5.41, 5.74) is 0.377. The number of hydrogen-bond donors (Lipinski definition) is 0. The SMILES string of the molecule is O=S(=O)(c1ccccc1)n1c(I)cc2cc(Cl)cnc21. The molecule has 3 rings (SSSR count). The van der Waals surface area contributed by atoms with E-state index in [2.05, 4.69) is 4.98 Å². The van der Waals surface area contributed by atoms with Crippen LogP contribution < -0.4 is 0 Å². The van der Waals surface area contributed by atoms with Gasteiger partial charge in [0.1, 0.15) is 0 Å². The molecular weight excluding hydrogens is 411 g/mol. The van der Waals surface area contributed by atoms with Gasteiger partial charge in [-0.3, -0.25) is 0 Å². The van der Waals surface area contributed by atoms with Crippen LogP contribution in [0.2, 0.25) is 5.02 Å². The van der Waals surface area contributed by atoms with Crippen molar-refractivity contribution in [2.24, 2.45) is 0 Å². The molecule has 0 amide bonds. The second-order valence-electron chi connectivity index (χ2n) is 4.12. The zero-order valence-corrected chi connectivity index (χ0v) is 13.7. The Labute approximate surface area is 134 Å². The maximum Gasteiger partial charge on any atom is 0.270 e. The van der Waals surface area contributed by atoms with Crippen LogP contribution >= 0.6 is 34.2 Å². The third kappa shape index (κ3) is 2.21. The maximum absolute atomic E-state index is 12.7. The molecule has 102 valence electrons. The van der Waals surface area contributed by atoms with Gasteiger partial charge in [-0.2, -0.15) is 0 Å². The molecule has 0 fully saturated rings. The fraction of sp³-hybridized carbons (Fsp3) is 0. The van der Waals surface area contributed by atoms with Crippen molar-refractivity contribution in [1.29, 1.82) is 0 Å². The summed E-state index contributed by atoms with van der Waals surface area (Å²) in [6, 6.07) is 11.7. The van der Waals surface area contributed by atoms with Crippen LogP contribution in [-0.4, -0.2) is 17.4 Å². The van der Waals surface area contributed by atoms with E-state index in [9.17, 15) is 8.42 Å². The maximum atomic E-state index is 12.7. The first-order valence-corrected chi connectivity index (χ1v) is 8.53. The van der Waals surface area contributed by atoms with Crippen molar-refractivity contribution in [3.63, 3.8) is 0 Å². The van der Waals surface area contributed by atoms with Crippen LogP contribution in [0.25, 0.3) is 11.0 Å². The normalized spacial score (nSPS) is 11.9. The lowest BCUT2D eigenvalue weighted by atomic mass is 10.3. The Balaban J connectivity index is 2.32. The molecule has 2 heterocycles. The minimum absolute atomic E-state index is 0.229. The predicted molar refractivity (Wildman–Crippen MR) is 86.5 cm³/mol. The Morgan fingerprint density at radius 3 is 2.55 bits per heavy atom. The average molecular weight is 419 g/mol. The summed E-state index contributed by atoms with van der Waals surface area (Å²) in [6.07, 6.45) is 1.44. The Kier molecular flexibility index (Phi) is 3.47. The van der Waals surface area contributed by atoms with E-state index in [-0.39, 0.29) is 4.90 Å². The summed E-state index contributed by atoms with van der Waals surface area (Å²) in [7, 11) is -3.66. The smallest absolute Gasteiger partial charge is 0.236 e. The summed E-state index contributed by atoms with van der Waals surface area (Å²) in [5.74, 6) is 0. The Bertz CT molecular complexity index is 891. The van der Waals surface area contributed by atoms with E-state index >= 15 is 0 Å². The van der Waals surface area contributed by atoms with Gasteiger partial charge in [-0.25, -0.2) is 17.4 Å². The summed E-state index contributed by atoms with van der Waals surface area (Å²) in [6.45, 7) is 0. The van der Waals surface area contributed by atoms with Crippen molar-refractivity contribution >= 4 is 55.2 Å². The van der Waals surface area contributed by atoms with Gasteiger partial charge in [0.15, 0.2) is 5.65 Å². The van der Waals surface area contributed by atoms with E-state index in [1.165, 1.54) is 10.2 Å². The lowest BCUT2D eigenvalue weighted by Gasteiger charge is -2.08. The molecule has 0 saturated heterocycles. The molecule has 0 aliphatic rings. The van der Waals surface area contributed by atoms with Crippen LogP contribution in [0.5, 0.6) is 0 Å². The van der Waals surface area contributed by atoms with Gasteiger partial charge in [0, 0.05) is 11.6 Å². The monoisotopic (exact) mass is 418 g/mol. The molecule has 2 aromatic heterocycles. The highest BCUT2D eigenvalue weighted by Crippen LogP contribution is 2.26. The molecule has 0 atom stereocenters. The molecule has 4 nitrogen and oxygen atoms in total. The van der Waals surface area contributed by atoms with E-state index in [1.54, 1.807) is 42.5 Å². The van der Waals surface area contributed by atoms with Crippen LogP contribution in [0.4, 0.5) is 0 Å². The molecule has 0 N–H and O–H groups in total. The third-order valence-corrected chi connectivity index (χ3v) is 5.85. The minimum atomic E-state index is -3.66. The quantitative estimate of drug-likeness (QED) is 0.598. The topological polar surface area (TPSA) is 52.0 Å². The number of nitrogens with zero attached hydrogens (tertiary/aromatic N) is 2. The van der Waals surface area contributed by atoms with E-state index in [0.29, 0.717) is 19.8 Å². The summed E-state index contributed by atoms with van der Waals surface area (Å²) >= 11 is 7.87. The first-order valence-electron chi connectivity index (χ1n) is 5.63. The van der Waals surface area contributed by atoms with Crippen molar-refractivity contribution < 1.29 is 8.42 Å². The number of pyridine rings is 1. The van der Waals surface area contributed by atoms with Crippen molar-refractivity contribution in [3.8, 4) is 0 Å². The third-order valence-electron chi connectivity index (χ3n) is 2.80. The van der Waals surface area contributed by atoms with Crippen LogP contribution in [0, 0.1) is 3.70 Å². The largest absolute Gasteiger partial charge is 0.270 e. The average Bonchev–Trinajstić information content (AvgIpc) is 2.75. The van der Waals surface area contributed by atoms with Gasteiger partial charge >= 0.3 is 0 Å². The molecule has 1 aromatic carbocycles. The van der Waals surface area contributed by atoms with Gasteiger partial charge in [0.2, 0.25) is 0 Å². The van der Waals surface area contributed by atoms with Crippen molar-refractivity contribution in [2.75, 3.05) is 0 Å². The Morgan fingerprint density at radius 1 is 1.15 bits per heavy atom. The molecule has 0 saturated carbocycles. The number of hydrogen-bond acceptors (Lipinski definition) is 3. The lowest BCUT2D eigenvalue weighted by molar-refractivity contribution is 0.588. The van der Waals surface area contributed by atoms with Crippen LogP contribution in [0.15, 0.2) is 53.6 Å². The molecule has 0 bridgehead atoms.